The minimum absolute atomic E-state index is 0.452. The zero-order valence-corrected chi connectivity index (χ0v) is 15.2. The molecule has 1 N–H and O–H groups in total. The van der Waals surface area contributed by atoms with Gasteiger partial charge < -0.3 is 9.72 Å². The molecular weight excluding hydrogens is 385 g/mol. The number of nitrogens with zero attached hydrogens (tertiary/aromatic N) is 3. The van der Waals surface area contributed by atoms with Gasteiger partial charge >= 0.3 is 12.1 Å². The maximum atomic E-state index is 12.2. The van der Waals surface area contributed by atoms with Crippen LogP contribution in [0.15, 0.2) is 55.1 Å². The molecule has 4 rings (SSSR count). The summed E-state index contributed by atoms with van der Waals surface area (Å²) in [5.74, 6) is -2.20. The van der Waals surface area contributed by atoms with E-state index in [9.17, 15) is 18.0 Å². The van der Waals surface area contributed by atoms with Gasteiger partial charge in [-0.1, -0.05) is 12.1 Å². The number of pyridine rings is 1. The number of rotatable bonds is 4. The molecule has 0 radical (unpaired) electrons. The standard InChI is InChI=1S/C20H15F3N4O2/c1-12-8-13(11-29-19(28)20(21,22)23)2-3-17(12)27-10-14(9-26-27)15-4-6-24-18-16(15)5-7-25-18/h2-10H,11H2,1H3,(H,24,25). The lowest BCUT2D eigenvalue weighted by molar-refractivity contribution is -0.201. The number of nitrogens with one attached hydrogen (secondary N) is 1. The van der Waals surface area contributed by atoms with Crippen LogP contribution in [-0.4, -0.2) is 31.9 Å². The first kappa shape index (κ1) is 18.7. The topological polar surface area (TPSA) is 72.8 Å². The van der Waals surface area contributed by atoms with Gasteiger partial charge in [-0.25, -0.2) is 14.5 Å². The van der Waals surface area contributed by atoms with Crippen molar-refractivity contribution in [1.82, 2.24) is 19.7 Å². The number of esters is 1. The van der Waals surface area contributed by atoms with E-state index in [0.29, 0.717) is 5.56 Å². The van der Waals surface area contributed by atoms with Gasteiger partial charge in [-0.3, -0.25) is 0 Å². The van der Waals surface area contributed by atoms with Crippen LogP contribution in [0, 0.1) is 6.92 Å². The Bertz CT molecular complexity index is 1190. The van der Waals surface area contributed by atoms with E-state index in [4.69, 9.17) is 0 Å². The predicted molar refractivity (Wildman–Crippen MR) is 99.2 cm³/mol. The smallest absolute Gasteiger partial charge is 0.454 e. The largest absolute Gasteiger partial charge is 0.490 e. The summed E-state index contributed by atoms with van der Waals surface area (Å²) >= 11 is 0. The molecule has 0 saturated carbocycles. The molecule has 9 heteroatoms. The number of benzene rings is 1. The summed E-state index contributed by atoms with van der Waals surface area (Å²) in [6, 6.07) is 8.84. The lowest BCUT2D eigenvalue weighted by Crippen LogP contribution is -2.25. The molecule has 0 amide bonds. The highest BCUT2D eigenvalue weighted by Crippen LogP contribution is 2.28. The molecule has 0 fully saturated rings. The second-order valence-electron chi connectivity index (χ2n) is 6.47. The highest BCUT2D eigenvalue weighted by Gasteiger charge is 2.40. The summed E-state index contributed by atoms with van der Waals surface area (Å²) < 4.78 is 42.7. The number of halogens is 3. The summed E-state index contributed by atoms with van der Waals surface area (Å²) in [6.45, 7) is 1.36. The number of carbonyl (C=O) groups is 1. The van der Waals surface area contributed by atoms with Gasteiger partial charge in [-0.15, -0.1) is 0 Å². The third-order valence-corrected chi connectivity index (χ3v) is 4.46. The molecule has 0 spiro atoms. The molecule has 0 saturated heterocycles. The number of aromatic amines is 1. The lowest BCUT2D eigenvalue weighted by Gasteiger charge is -2.10. The molecular formula is C20H15F3N4O2. The van der Waals surface area contributed by atoms with Crippen molar-refractivity contribution in [3.8, 4) is 16.8 Å². The van der Waals surface area contributed by atoms with Crippen LogP contribution in [0.4, 0.5) is 13.2 Å². The van der Waals surface area contributed by atoms with Gasteiger partial charge in [0, 0.05) is 29.5 Å². The van der Waals surface area contributed by atoms with Crippen molar-refractivity contribution in [2.24, 2.45) is 0 Å². The molecule has 0 bridgehead atoms. The normalized spacial score (nSPS) is 11.7. The van der Waals surface area contributed by atoms with E-state index in [2.05, 4.69) is 19.8 Å². The van der Waals surface area contributed by atoms with Crippen molar-refractivity contribution in [3.05, 3.63) is 66.2 Å². The summed E-state index contributed by atoms with van der Waals surface area (Å²) in [4.78, 5) is 18.2. The van der Waals surface area contributed by atoms with Gasteiger partial charge in [-0.05, 0) is 41.8 Å². The van der Waals surface area contributed by atoms with Gasteiger partial charge in [0.05, 0.1) is 11.9 Å². The van der Waals surface area contributed by atoms with Crippen LogP contribution in [-0.2, 0) is 16.1 Å². The summed E-state index contributed by atoms with van der Waals surface area (Å²) in [7, 11) is 0. The average Bonchev–Trinajstić information content (AvgIpc) is 3.34. The molecule has 148 valence electrons. The van der Waals surface area contributed by atoms with E-state index in [0.717, 1.165) is 33.4 Å². The molecule has 6 nitrogen and oxygen atoms in total. The molecule has 1 aromatic carbocycles. The quantitative estimate of drug-likeness (QED) is 0.518. The molecule has 0 aliphatic rings. The minimum atomic E-state index is -5.00. The number of hydrogen-bond acceptors (Lipinski definition) is 4. The van der Waals surface area contributed by atoms with E-state index < -0.39 is 18.8 Å². The summed E-state index contributed by atoms with van der Waals surface area (Å²) in [6.07, 6.45) is 2.14. The first-order valence-electron chi connectivity index (χ1n) is 8.64. The Balaban J connectivity index is 1.57. The number of ether oxygens (including phenoxy) is 1. The molecule has 0 aliphatic carbocycles. The SMILES string of the molecule is Cc1cc(COC(=O)C(F)(F)F)ccc1-n1cc(-c2ccnc3[nH]ccc23)cn1. The maximum Gasteiger partial charge on any atom is 0.490 e. The first-order chi connectivity index (χ1) is 13.8. The highest BCUT2D eigenvalue weighted by atomic mass is 19.4. The molecule has 3 heterocycles. The third kappa shape index (κ3) is 3.71. The lowest BCUT2D eigenvalue weighted by atomic mass is 10.1. The molecule has 0 unspecified atom stereocenters. The van der Waals surface area contributed by atoms with Gasteiger partial charge in [0.25, 0.3) is 0 Å². The van der Waals surface area contributed by atoms with Crippen LogP contribution in [0.1, 0.15) is 11.1 Å². The minimum Gasteiger partial charge on any atom is -0.454 e. The summed E-state index contributed by atoms with van der Waals surface area (Å²) in [5.41, 5.74) is 4.67. The number of aromatic nitrogens is 4. The molecule has 3 aromatic heterocycles. The monoisotopic (exact) mass is 400 g/mol. The van der Waals surface area contributed by atoms with Gasteiger partial charge in [0.2, 0.25) is 0 Å². The number of H-pyrrole nitrogens is 1. The van der Waals surface area contributed by atoms with Crippen LogP contribution in [0.3, 0.4) is 0 Å². The zero-order chi connectivity index (χ0) is 20.6. The fourth-order valence-electron chi connectivity index (χ4n) is 3.10. The fourth-order valence-corrected chi connectivity index (χ4v) is 3.10. The van der Waals surface area contributed by atoms with Gasteiger partial charge in [0.15, 0.2) is 0 Å². The maximum absolute atomic E-state index is 12.2. The van der Waals surface area contributed by atoms with Crippen LogP contribution in [0.5, 0.6) is 0 Å². The van der Waals surface area contributed by atoms with Crippen LogP contribution in [0.2, 0.25) is 0 Å². The van der Waals surface area contributed by atoms with Crippen molar-refractivity contribution >= 4 is 17.0 Å². The van der Waals surface area contributed by atoms with Crippen molar-refractivity contribution in [1.29, 1.82) is 0 Å². The summed E-state index contributed by atoms with van der Waals surface area (Å²) in [5, 5.41) is 5.38. The second kappa shape index (κ2) is 7.08. The van der Waals surface area contributed by atoms with Crippen molar-refractivity contribution in [2.75, 3.05) is 0 Å². The number of alkyl halides is 3. The third-order valence-electron chi connectivity index (χ3n) is 4.46. The second-order valence-corrected chi connectivity index (χ2v) is 6.47. The first-order valence-corrected chi connectivity index (χ1v) is 8.64. The van der Waals surface area contributed by atoms with E-state index in [-0.39, 0.29) is 0 Å². The number of aryl methyl sites for hydroxylation is 1. The molecule has 0 atom stereocenters. The highest BCUT2D eigenvalue weighted by molar-refractivity contribution is 5.92. The number of carbonyl (C=O) groups excluding carboxylic acids is 1. The van der Waals surface area contributed by atoms with E-state index in [1.807, 2.05) is 31.5 Å². The number of hydrogen-bond donors (Lipinski definition) is 1. The molecule has 4 aromatic rings. The zero-order valence-electron chi connectivity index (χ0n) is 15.2. The van der Waals surface area contributed by atoms with E-state index in [1.54, 1.807) is 35.3 Å². The predicted octanol–water partition coefficient (Wildman–Crippen LogP) is 4.33. The van der Waals surface area contributed by atoms with Gasteiger partial charge in [-0.2, -0.15) is 18.3 Å². The van der Waals surface area contributed by atoms with Crippen LogP contribution >= 0.6 is 0 Å². The Labute approximate surface area is 162 Å². The Morgan fingerprint density at radius 3 is 2.83 bits per heavy atom. The Kier molecular flexibility index (Phi) is 4.57. The fraction of sp³-hybridized carbons (Fsp3) is 0.150. The van der Waals surface area contributed by atoms with Gasteiger partial charge in [0.1, 0.15) is 12.3 Å². The van der Waals surface area contributed by atoms with Crippen molar-refractivity contribution in [3.63, 3.8) is 0 Å². The Morgan fingerprint density at radius 1 is 1.24 bits per heavy atom. The van der Waals surface area contributed by atoms with Crippen molar-refractivity contribution in [2.45, 2.75) is 19.7 Å². The van der Waals surface area contributed by atoms with E-state index >= 15 is 0 Å². The van der Waals surface area contributed by atoms with Crippen LogP contribution in [0.25, 0.3) is 27.8 Å². The molecule has 0 aliphatic heterocycles. The Hall–Kier alpha value is -3.62. The van der Waals surface area contributed by atoms with E-state index in [1.165, 1.54) is 0 Å². The molecule has 29 heavy (non-hydrogen) atoms. The number of fused-ring (bicyclic) bond motifs is 1. The van der Waals surface area contributed by atoms with Crippen molar-refractivity contribution < 1.29 is 22.7 Å². The average molecular weight is 400 g/mol. The Morgan fingerprint density at radius 2 is 2.07 bits per heavy atom. The van der Waals surface area contributed by atoms with Crippen LogP contribution < -0.4 is 0 Å².